The Kier molecular flexibility index (Phi) is 4.85. The Morgan fingerprint density at radius 3 is 2.80 bits per heavy atom. The molecule has 1 amide bonds. The second-order valence-electron chi connectivity index (χ2n) is 5.47. The fourth-order valence-electron chi connectivity index (χ4n) is 2.48. The van der Waals surface area contributed by atoms with Crippen molar-refractivity contribution in [2.75, 3.05) is 20.0 Å². The van der Waals surface area contributed by atoms with E-state index >= 15 is 0 Å². The Hall–Kier alpha value is -3.06. The molecule has 0 radical (unpaired) electrons. The van der Waals surface area contributed by atoms with Crippen molar-refractivity contribution in [3.63, 3.8) is 0 Å². The Morgan fingerprint density at radius 2 is 2.08 bits per heavy atom. The van der Waals surface area contributed by atoms with Crippen LogP contribution in [-0.2, 0) is 17.9 Å². The van der Waals surface area contributed by atoms with E-state index in [1.54, 1.807) is 32.4 Å². The summed E-state index contributed by atoms with van der Waals surface area (Å²) in [5.74, 6) is 1.21. The van der Waals surface area contributed by atoms with Crippen molar-refractivity contribution in [1.82, 2.24) is 10.3 Å². The molecule has 130 valence electrons. The lowest BCUT2D eigenvalue weighted by molar-refractivity contribution is 0.0948. The molecule has 0 saturated carbocycles. The molecule has 3 aromatic rings. The lowest BCUT2D eigenvalue weighted by Crippen LogP contribution is -2.24. The molecule has 0 aliphatic rings. The highest BCUT2D eigenvalue weighted by Crippen LogP contribution is 2.24. The summed E-state index contributed by atoms with van der Waals surface area (Å²) < 4.78 is 15.9. The minimum absolute atomic E-state index is 0.168. The summed E-state index contributed by atoms with van der Waals surface area (Å²) in [7, 11) is 3.17. The number of nitrogens with one attached hydrogen (secondary N) is 1. The van der Waals surface area contributed by atoms with Gasteiger partial charge in [-0.3, -0.25) is 4.79 Å². The van der Waals surface area contributed by atoms with Crippen molar-refractivity contribution < 1.29 is 18.7 Å². The number of furan rings is 1. The normalized spacial score (nSPS) is 10.8. The Labute approximate surface area is 144 Å². The highest BCUT2D eigenvalue weighted by Gasteiger charge is 2.13. The molecule has 0 bridgehead atoms. The number of anilines is 1. The highest BCUT2D eigenvalue weighted by atomic mass is 16.5. The van der Waals surface area contributed by atoms with Crippen LogP contribution in [0.4, 0.5) is 5.82 Å². The number of pyridine rings is 1. The first-order valence-electron chi connectivity index (χ1n) is 7.69. The van der Waals surface area contributed by atoms with Crippen molar-refractivity contribution >= 4 is 22.7 Å². The monoisotopic (exact) mass is 341 g/mol. The lowest BCUT2D eigenvalue weighted by atomic mass is 10.2. The molecule has 0 unspecified atom stereocenters. The van der Waals surface area contributed by atoms with Crippen LogP contribution in [0.2, 0.25) is 0 Å². The minimum atomic E-state index is -0.313. The van der Waals surface area contributed by atoms with Gasteiger partial charge in [0.1, 0.15) is 22.9 Å². The smallest absolute Gasteiger partial charge is 0.255 e. The molecule has 0 aliphatic heterocycles. The molecule has 7 heteroatoms. The van der Waals surface area contributed by atoms with Gasteiger partial charge in [-0.15, -0.1) is 0 Å². The third-order valence-corrected chi connectivity index (χ3v) is 3.72. The molecule has 2 heterocycles. The summed E-state index contributed by atoms with van der Waals surface area (Å²) >= 11 is 0. The molecule has 2 aromatic heterocycles. The third kappa shape index (κ3) is 3.72. The summed E-state index contributed by atoms with van der Waals surface area (Å²) in [4.78, 5) is 16.4. The lowest BCUT2D eigenvalue weighted by Gasteiger charge is -2.07. The molecule has 0 spiro atoms. The zero-order valence-electron chi connectivity index (χ0n) is 14.0. The average Bonchev–Trinajstić information content (AvgIpc) is 3.02. The average molecular weight is 341 g/mol. The molecule has 0 saturated heterocycles. The van der Waals surface area contributed by atoms with Crippen molar-refractivity contribution in [3.8, 4) is 5.75 Å². The Balaban J connectivity index is 1.69. The second-order valence-corrected chi connectivity index (χ2v) is 5.47. The maximum Gasteiger partial charge on any atom is 0.255 e. The molecule has 3 N–H and O–H groups in total. The molecule has 3 rings (SSSR count). The number of carbonyl (C=O) groups excluding carboxylic acids is 1. The fraction of sp³-hybridized carbons (Fsp3) is 0.222. The number of nitrogens with zero attached hydrogens (tertiary/aromatic N) is 1. The number of methoxy groups -OCH3 is 2. The first kappa shape index (κ1) is 16.8. The predicted octanol–water partition coefficient (Wildman–Crippen LogP) is 2.50. The summed E-state index contributed by atoms with van der Waals surface area (Å²) in [6.07, 6.45) is 0. The van der Waals surface area contributed by atoms with Crippen LogP contribution in [0.3, 0.4) is 0 Å². The van der Waals surface area contributed by atoms with Gasteiger partial charge in [-0.1, -0.05) is 0 Å². The van der Waals surface area contributed by atoms with Crippen LogP contribution in [-0.4, -0.2) is 25.1 Å². The third-order valence-electron chi connectivity index (χ3n) is 3.72. The van der Waals surface area contributed by atoms with Gasteiger partial charge in [0.15, 0.2) is 0 Å². The van der Waals surface area contributed by atoms with Gasteiger partial charge in [-0.05, 0) is 30.3 Å². The second kappa shape index (κ2) is 7.23. The van der Waals surface area contributed by atoms with Crippen LogP contribution in [0.5, 0.6) is 5.75 Å². The fourth-order valence-corrected chi connectivity index (χ4v) is 2.48. The number of amides is 1. The van der Waals surface area contributed by atoms with Gasteiger partial charge in [0, 0.05) is 18.6 Å². The zero-order chi connectivity index (χ0) is 17.8. The number of aromatic nitrogens is 1. The number of hydrogen-bond acceptors (Lipinski definition) is 6. The molecular formula is C18H19N3O4. The number of benzene rings is 1. The van der Waals surface area contributed by atoms with E-state index in [9.17, 15) is 4.79 Å². The van der Waals surface area contributed by atoms with Gasteiger partial charge >= 0.3 is 0 Å². The van der Waals surface area contributed by atoms with Crippen molar-refractivity contribution in [2.45, 2.75) is 13.2 Å². The van der Waals surface area contributed by atoms with Gasteiger partial charge in [-0.2, -0.15) is 0 Å². The number of nitrogens with two attached hydrogens (primary N) is 1. The maximum atomic E-state index is 12.3. The summed E-state index contributed by atoms with van der Waals surface area (Å²) in [5.41, 5.74) is 7.54. The summed E-state index contributed by atoms with van der Waals surface area (Å²) in [6, 6.07) is 10.8. The quantitative estimate of drug-likeness (QED) is 0.714. The van der Waals surface area contributed by atoms with E-state index in [0.29, 0.717) is 35.0 Å². The number of rotatable bonds is 6. The number of hydrogen-bond donors (Lipinski definition) is 2. The molecular weight excluding hydrogens is 322 g/mol. The summed E-state index contributed by atoms with van der Waals surface area (Å²) in [6.45, 7) is 0.587. The highest BCUT2D eigenvalue weighted by molar-refractivity contribution is 5.98. The van der Waals surface area contributed by atoms with Gasteiger partial charge in [0.25, 0.3) is 5.91 Å². The molecule has 1 aromatic carbocycles. The van der Waals surface area contributed by atoms with Crippen molar-refractivity contribution in [2.24, 2.45) is 0 Å². The minimum Gasteiger partial charge on any atom is -0.497 e. The van der Waals surface area contributed by atoms with E-state index in [0.717, 1.165) is 5.39 Å². The van der Waals surface area contributed by atoms with E-state index in [-0.39, 0.29) is 18.3 Å². The van der Waals surface area contributed by atoms with Gasteiger partial charge in [0.05, 0.1) is 31.5 Å². The predicted molar refractivity (Wildman–Crippen MR) is 93.3 cm³/mol. The number of ether oxygens (including phenoxy) is 2. The van der Waals surface area contributed by atoms with Crippen molar-refractivity contribution in [1.29, 1.82) is 0 Å². The largest absolute Gasteiger partial charge is 0.497 e. The first-order chi connectivity index (χ1) is 12.1. The molecule has 0 atom stereocenters. The zero-order valence-corrected chi connectivity index (χ0v) is 14.0. The molecule has 7 nitrogen and oxygen atoms in total. The van der Waals surface area contributed by atoms with E-state index in [2.05, 4.69) is 10.3 Å². The van der Waals surface area contributed by atoms with Crippen LogP contribution in [0.1, 0.15) is 21.8 Å². The van der Waals surface area contributed by atoms with Crippen LogP contribution in [0.15, 0.2) is 40.8 Å². The topological polar surface area (TPSA) is 99.6 Å². The summed E-state index contributed by atoms with van der Waals surface area (Å²) in [5, 5.41) is 3.72. The van der Waals surface area contributed by atoms with E-state index < -0.39 is 0 Å². The number of carbonyl (C=O) groups is 1. The number of fused-ring (bicyclic) bond motifs is 1. The van der Waals surface area contributed by atoms with Crippen LogP contribution >= 0.6 is 0 Å². The maximum absolute atomic E-state index is 12.3. The molecule has 25 heavy (non-hydrogen) atoms. The molecule has 0 aliphatic carbocycles. The van der Waals surface area contributed by atoms with Gasteiger partial charge in [-0.25, -0.2) is 4.98 Å². The first-order valence-corrected chi connectivity index (χ1v) is 7.69. The molecule has 0 fully saturated rings. The van der Waals surface area contributed by atoms with Crippen LogP contribution in [0, 0.1) is 0 Å². The van der Waals surface area contributed by atoms with E-state index in [1.807, 2.05) is 18.2 Å². The van der Waals surface area contributed by atoms with E-state index in [1.165, 1.54) is 0 Å². The SMILES string of the molecule is COCc1ccc(C(=O)NCc2cc3ccc(OC)cc3o2)c(N)n1. The van der Waals surface area contributed by atoms with Gasteiger partial charge in [0.2, 0.25) is 0 Å². The number of nitrogen functional groups attached to an aromatic ring is 1. The van der Waals surface area contributed by atoms with Crippen LogP contribution in [0.25, 0.3) is 11.0 Å². The van der Waals surface area contributed by atoms with E-state index in [4.69, 9.17) is 19.6 Å². The standard InChI is InChI=1S/C18H19N3O4/c1-23-10-12-4-6-15(17(19)21-12)18(22)20-9-14-7-11-3-5-13(24-2)8-16(11)25-14/h3-8H,9-10H2,1-2H3,(H2,19,21)(H,20,22). The van der Waals surface area contributed by atoms with Crippen LogP contribution < -0.4 is 15.8 Å². The Morgan fingerprint density at radius 1 is 1.24 bits per heavy atom. The van der Waals surface area contributed by atoms with Gasteiger partial charge < -0.3 is 24.9 Å². The van der Waals surface area contributed by atoms with Crippen molar-refractivity contribution in [3.05, 3.63) is 53.4 Å². The Bertz CT molecular complexity index is 904.